The Bertz CT molecular complexity index is 1300. The maximum Gasteiger partial charge on any atom is 0.239 e. The monoisotopic (exact) mass is 489 g/mol. The van der Waals surface area contributed by atoms with Crippen LogP contribution in [-0.4, -0.2) is 18.2 Å². The van der Waals surface area contributed by atoms with Crippen molar-refractivity contribution in [3.05, 3.63) is 94.5 Å². The Balaban J connectivity index is 1.54. The lowest BCUT2D eigenvalue weighted by Gasteiger charge is -2.36. The number of Topliss-reactive ketones (excluding diaryl/α,β-unsaturated/α-hetero) is 1. The van der Waals surface area contributed by atoms with Crippen LogP contribution in [0.3, 0.4) is 0 Å². The molecule has 1 aromatic heterocycles. The van der Waals surface area contributed by atoms with Crippen molar-refractivity contribution in [3.63, 3.8) is 0 Å². The maximum absolute atomic E-state index is 13.6. The fourth-order valence-electron chi connectivity index (χ4n) is 5.02. The van der Waals surface area contributed by atoms with E-state index in [4.69, 9.17) is 16.0 Å². The number of furan rings is 1. The third kappa shape index (κ3) is 4.71. The molecule has 1 aliphatic heterocycles. The number of benzene rings is 2. The molecule has 0 saturated heterocycles. The van der Waals surface area contributed by atoms with Crippen molar-refractivity contribution in [2.75, 3.05) is 16.8 Å². The van der Waals surface area contributed by atoms with Gasteiger partial charge in [-0.05, 0) is 47.7 Å². The Morgan fingerprint density at radius 3 is 2.66 bits per heavy atom. The molecule has 180 valence electrons. The first kappa shape index (κ1) is 23.2. The largest absolute Gasteiger partial charge is 0.467 e. The number of hydrogen-bond acceptors (Lipinski definition) is 5. The number of para-hydroxylation sites is 2. The molecule has 2 aliphatic rings. The van der Waals surface area contributed by atoms with Gasteiger partial charge < -0.3 is 20.0 Å². The van der Waals surface area contributed by atoms with Crippen LogP contribution in [0.5, 0.6) is 0 Å². The first-order valence-corrected chi connectivity index (χ1v) is 12.1. The molecule has 0 bridgehead atoms. The topological polar surface area (TPSA) is 74.6 Å². The zero-order chi connectivity index (χ0) is 24.6. The highest BCUT2D eigenvalue weighted by atomic mass is 35.5. The molecule has 0 spiro atoms. The normalized spacial score (nSPS) is 18.9. The van der Waals surface area contributed by atoms with Gasteiger partial charge in [-0.2, -0.15) is 0 Å². The number of allylic oxidation sites excluding steroid dienone is 1. The average Bonchev–Trinajstić information content (AvgIpc) is 3.30. The van der Waals surface area contributed by atoms with Crippen molar-refractivity contribution in [1.29, 1.82) is 0 Å². The van der Waals surface area contributed by atoms with E-state index in [1.165, 1.54) is 0 Å². The molecule has 1 aliphatic carbocycles. The summed E-state index contributed by atoms with van der Waals surface area (Å²) in [5.74, 6) is 0.520. The summed E-state index contributed by atoms with van der Waals surface area (Å²) in [5.41, 5.74) is 3.93. The molecular weight excluding hydrogens is 462 g/mol. The summed E-state index contributed by atoms with van der Waals surface area (Å²) in [6.07, 6.45) is 2.77. The van der Waals surface area contributed by atoms with Gasteiger partial charge in [0.25, 0.3) is 0 Å². The molecule has 5 rings (SSSR count). The molecule has 1 amide bonds. The molecule has 1 unspecified atom stereocenters. The van der Waals surface area contributed by atoms with Crippen molar-refractivity contribution >= 4 is 34.7 Å². The van der Waals surface area contributed by atoms with Crippen LogP contribution in [0, 0.1) is 5.41 Å². The van der Waals surface area contributed by atoms with E-state index in [0.717, 1.165) is 29.1 Å². The van der Waals surface area contributed by atoms with E-state index in [9.17, 15) is 9.59 Å². The minimum Gasteiger partial charge on any atom is -0.467 e. The number of nitrogens with one attached hydrogen (secondary N) is 2. The van der Waals surface area contributed by atoms with Crippen molar-refractivity contribution < 1.29 is 14.0 Å². The molecule has 2 aromatic carbocycles. The lowest BCUT2D eigenvalue weighted by atomic mass is 9.74. The smallest absolute Gasteiger partial charge is 0.239 e. The Labute approximate surface area is 210 Å². The molecular formula is C28H28ClN3O3. The first-order chi connectivity index (χ1) is 16.8. The molecule has 3 aromatic rings. The van der Waals surface area contributed by atoms with Crippen molar-refractivity contribution in [2.24, 2.45) is 5.41 Å². The van der Waals surface area contributed by atoms with E-state index < -0.39 is 6.04 Å². The van der Waals surface area contributed by atoms with Crippen LogP contribution in [0.4, 0.5) is 11.4 Å². The zero-order valence-corrected chi connectivity index (χ0v) is 20.6. The SMILES string of the molecule is CC1(C)CC(=O)C2=C(C1)Nc1ccccc1N(CC(=O)NCc1ccccc1Cl)C2c1ccco1. The van der Waals surface area contributed by atoms with Gasteiger partial charge in [-0.1, -0.05) is 55.8 Å². The minimum atomic E-state index is -0.522. The van der Waals surface area contributed by atoms with Gasteiger partial charge in [0.1, 0.15) is 11.8 Å². The number of halogens is 1. The fraction of sp³-hybridized carbons (Fsp3) is 0.286. The van der Waals surface area contributed by atoms with Crippen molar-refractivity contribution in [1.82, 2.24) is 5.32 Å². The molecule has 0 fully saturated rings. The molecule has 2 heterocycles. The van der Waals surface area contributed by atoms with Gasteiger partial charge in [0.15, 0.2) is 5.78 Å². The maximum atomic E-state index is 13.6. The highest BCUT2D eigenvalue weighted by molar-refractivity contribution is 6.31. The number of ketones is 1. The molecule has 0 saturated carbocycles. The lowest BCUT2D eigenvalue weighted by molar-refractivity contribution is -0.121. The van der Waals surface area contributed by atoms with Gasteiger partial charge in [-0.15, -0.1) is 0 Å². The van der Waals surface area contributed by atoms with Gasteiger partial charge >= 0.3 is 0 Å². The predicted octanol–water partition coefficient (Wildman–Crippen LogP) is 5.87. The van der Waals surface area contributed by atoms with Crippen molar-refractivity contribution in [3.8, 4) is 0 Å². The number of anilines is 2. The Kier molecular flexibility index (Phi) is 6.15. The lowest BCUT2D eigenvalue weighted by Crippen LogP contribution is -2.41. The van der Waals surface area contributed by atoms with Crippen molar-refractivity contribution in [2.45, 2.75) is 39.3 Å². The van der Waals surface area contributed by atoms with Gasteiger partial charge in [0.05, 0.1) is 24.2 Å². The van der Waals surface area contributed by atoms with Crippen LogP contribution in [-0.2, 0) is 16.1 Å². The second kappa shape index (κ2) is 9.27. The van der Waals surface area contributed by atoms with Gasteiger partial charge in [0, 0.05) is 29.3 Å². The number of carbonyl (C=O) groups is 2. The number of amides is 1. The summed E-state index contributed by atoms with van der Waals surface area (Å²) in [6.45, 7) is 4.57. The summed E-state index contributed by atoms with van der Waals surface area (Å²) in [5, 5.41) is 7.12. The molecule has 35 heavy (non-hydrogen) atoms. The van der Waals surface area contributed by atoms with E-state index in [2.05, 4.69) is 24.5 Å². The summed E-state index contributed by atoms with van der Waals surface area (Å²) >= 11 is 6.27. The fourth-order valence-corrected chi connectivity index (χ4v) is 5.22. The highest BCUT2D eigenvalue weighted by Crippen LogP contribution is 2.48. The third-order valence-corrected chi connectivity index (χ3v) is 6.93. The van der Waals surface area contributed by atoms with Crippen LogP contribution in [0.2, 0.25) is 5.02 Å². The molecule has 7 heteroatoms. The highest BCUT2D eigenvalue weighted by Gasteiger charge is 2.42. The first-order valence-electron chi connectivity index (χ1n) is 11.7. The second-order valence-electron chi connectivity index (χ2n) is 9.89. The number of hydrogen-bond donors (Lipinski definition) is 2. The summed E-state index contributed by atoms with van der Waals surface area (Å²) in [7, 11) is 0. The Morgan fingerprint density at radius 1 is 1.11 bits per heavy atom. The summed E-state index contributed by atoms with van der Waals surface area (Å²) < 4.78 is 5.84. The quantitative estimate of drug-likeness (QED) is 0.469. The molecule has 1 atom stereocenters. The van der Waals surface area contributed by atoms with Crippen LogP contribution >= 0.6 is 11.6 Å². The number of rotatable bonds is 5. The molecule has 0 radical (unpaired) electrons. The van der Waals surface area contributed by atoms with Crippen LogP contribution in [0.15, 0.2) is 82.6 Å². The number of carbonyl (C=O) groups excluding carboxylic acids is 2. The average molecular weight is 490 g/mol. The zero-order valence-electron chi connectivity index (χ0n) is 19.8. The summed E-state index contributed by atoms with van der Waals surface area (Å²) in [4.78, 5) is 28.7. The van der Waals surface area contributed by atoms with E-state index >= 15 is 0 Å². The predicted molar refractivity (Wildman–Crippen MR) is 137 cm³/mol. The number of nitrogens with zero attached hydrogens (tertiary/aromatic N) is 1. The standard InChI is InChI=1S/C28H28ClN3O3/c1-28(2)14-21-26(23(33)15-28)27(24-12-7-13-35-24)32(22-11-6-5-10-20(22)31-21)17-25(34)30-16-18-8-3-4-9-19(18)29/h3-13,27,31H,14-17H2,1-2H3,(H,30,34). The Hall–Kier alpha value is -3.51. The molecule has 2 N–H and O–H groups in total. The van der Waals surface area contributed by atoms with Gasteiger partial charge in [-0.3, -0.25) is 9.59 Å². The Morgan fingerprint density at radius 2 is 1.89 bits per heavy atom. The van der Waals surface area contributed by atoms with E-state index in [1.807, 2.05) is 59.5 Å². The van der Waals surface area contributed by atoms with Gasteiger partial charge in [-0.25, -0.2) is 0 Å². The van der Waals surface area contributed by atoms with Crippen LogP contribution < -0.4 is 15.5 Å². The number of fused-ring (bicyclic) bond motifs is 1. The summed E-state index contributed by atoms with van der Waals surface area (Å²) in [6, 6.07) is 18.4. The third-order valence-electron chi connectivity index (χ3n) is 6.56. The van der Waals surface area contributed by atoms with Gasteiger partial charge in [0.2, 0.25) is 5.91 Å². The minimum absolute atomic E-state index is 0.0436. The van der Waals surface area contributed by atoms with E-state index in [0.29, 0.717) is 29.3 Å². The van der Waals surface area contributed by atoms with E-state index in [-0.39, 0.29) is 23.7 Å². The second-order valence-corrected chi connectivity index (χ2v) is 10.3. The van der Waals surface area contributed by atoms with E-state index in [1.54, 1.807) is 12.3 Å². The van der Waals surface area contributed by atoms with Crippen LogP contribution in [0.1, 0.15) is 44.1 Å². The van der Waals surface area contributed by atoms with Crippen LogP contribution in [0.25, 0.3) is 0 Å². The molecule has 6 nitrogen and oxygen atoms in total.